The fourth-order valence-electron chi connectivity index (χ4n) is 3.18. The second-order valence-electron chi connectivity index (χ2n) is 6.83. The number of methoxy groups -OCH3 is 1. The monoisotopic (exact) mass is 331 g/mol. The molecule has 2 amide bonds. The van der Waals surface area contributed by atoms with Gasteiger partial charge in [-0.2, -0.15) is 0 Å². The first-order valence-electron chi connectivity index (χ1n) is 8.48. The highest BCUT2D eigenvalue weighted by molar-refractivity contribution is 6.01. The lowest BCUT2D eigenvalue weighted by Crippen LogP contribution is -2.41. The van der Waals surface area contributed by atoms with Crippen LogP contribution < -0.4 is 20.7 Å². The van der Waals surface area contributed by atoms with Crippen LogP contribution in [-0.4, -0.2) is 38.1 Å². The van der Waals surface area contributed by atoms with Crippen LogP contribution in [-0.2, 0) is 9.59 Å². The Morgan fingerprint density at radius 2 is 2.21 bits per heavy atom. The maximum absolute atomic E-state index is 12.4. The molecule has 1 saturated heterocycles. The Bertz CT molecular complexity index is 642. The molecule has 0 bridgehead atoms. The predicted octanol–water partition coefficient (Wildman–Crippen LogP) is 1.21. The molecule has 2 aliphatic rings. The van der Waals surface area contributed by atoms with Crippen LogP contribution in [0, 0.1) is 18.8 Å². The largest absolute Gasteiger partial charge is 0.495 e. The zero-order valence-corrected chi connectivity index (χ0v) is 14.2. The van der Waals surface area contributed by atoms with Crippen LogP contribution in [0.1, 0.15) is 24.8 Å². The zero-order valence-electron chi connectivity index (χ0n) is 14.2. The van der Waals surface area contributed by atoms with E-state index in [1.807, 2.05) is 25.1 Å². The van der Waals surface area contributed by atoms with E-state index in [1.165, 1.54) is 0 Å². The summed E-state index contributed by atoms with van der Waals surface area (Å²) in [6, 6.07) is 5.73. The summed E-state index contributed by atoms with van der Waals surface area (Å²) in [7, 11) is 1.58. The van der Waals surface area contributed by atoms with Crippen LogP contribution in [0.4, 0.5) is 5.69 Å². The molecule has 1 aliphatic carbocycles. The van der Waals surface area contributed by atoms with Crippen molar-refractivity contribution in [3.05, 3.63) is 23.8 Å². The van der Waals surface area contributed by atoms with Gasteiger partial charge in [-0.25, -0.2) is 0 Å². The van der Waals surface area contributed by atoms with Crippen LogP contribution in [0.5, 0.6) is 5.75 Å². The van der Waals surface area contributed by atoms with Crippen molar-refractivity contribution in [1.82, 2.24) is 5.32 Å². The first-order chi connectivity index (χ1) is 11.5. The molecule has 1 aromatic rings. The van der Waals surface area contributed by atoms with Crippen molar-refractivity contribution >= 4 is 17.5 Å². The highest BCUT2D eigenvalue weighted by Gasteiger charge is 2.37. The molecule has 2 atom stereocenters. The van der Waals surface area contributed by atoms with E-state index < -0.39 is 0 Å². The van der Waals surface area contributed by atoms with Crippen LogP contribution in [0.2, 0.25) is 0 Å². The molecular formula is C18H25N3O3. The Hall–Kier alpha value is -2.08. The van der Waals surface area contributed by atoms with Gasteiger partial charge in [0.1, 0.15) is 5.75 Å². The number of carbonyl (C=O) groups excluding carboxylic acids is 2. The van der Waals surface area contributed by atoms with Crippen molar-refractivity contribution in [3.63, 3.8) is 0 Å². The minimum absolute atomic E-state index is 0.0269. The molecule has 2 unspecified atom stereocenters. The standard InChI is InChI=1S/C18H25N3O3/c1-11-3-6-16(24-2)15(7-11)21-10-13(8-17(21)22)18(23)20-9-14(19)12-4-5-12/h3,6-7,12-14H,4-5,8-10,19H2,1-2H3,(H,20,23). The van der Waals surface area contributed by atoms with Gasteiger partial charge in [-0.1, -0.05) is 6.07 Å². The molecule has 24 heavy (non-hydrogen) atoms. The lowest BCUT2D eigenvalue weighted by molar-refractivity contribution is -0.126. The normalized spacial score (nSPS) is 21.7. The van der Waals surface area contributed by atoms with Gasteiger partial charge in [0, 0.05) is 25.6 Å². The van der Waals surface area contributed by atoms with E-state index in [4.69, 9.17) is 10.5 Å². The van der Waals surface area contributed by atoms with Gasteiger partial charge in [0.05, 0.1) is 18.7 Å². The van der Waals surface area contributed by atoms with E-state index >= 15 is 0 Å². The number of nitrogens with zero attached hydrogens (tertiary/aromatic N) is 1. The number of carbonyl (C=O) groups is 2. The molecule has 6 nitrogen and oxygen atoms in total. The number of ether oxygens (including phenoxy) is 1. The summed E-state index contributed by atoms with van der Waals surface area (Å²) in [5.41, 5.74) is 7.79. The molecule has 0 radical (unpaired) electrons. The topological polar surface area (TPSA) is 84.7 Å². The number of benzene rings is 1. The molecule has 0 aromatic heterocycles. The smallest absolute Gasteiger partial charge is 0.227 e. The number of nitrogens with two attached hydrogens (primary N) is 1. The summed E-state index contributed by atoms with van der Waals surface area (Å²) >= 11 is 0. The lowest BCUT2D eigenvalue weighted by Gasteiger charge is -2.20. The molecule has 0 spiro atoms. The number of hydrogen-bond acceptors (Lipinski definition) is 4. The van der Waals surface area contributed by atoms with Crippen molar-refractivity contribution in [3.8, 4) is 5.75 Å². The molecule has 6 heteroatoms. The Kier molecular flexibility index (Phi) is 4.76. The maximum atomic E-state index is 12.4. The van der Waals surface area contributed by atoms with E-state index in [0.717, 1.165) is 24.1 Å². The van der Waals surface area contributed by atoms with E-state index in [2.05, 4.69) is 5.32 Å². The lowest BCUT2D eigenvalue weighted by atomic mass is 10.1. The number of nitrogens with one attached hydrogen (secondary N) is 1. The molecule has 1 saturated carbocycles. The van der Waals surface area contributed by atoms with Gasteiger partial charge in [-0.15, -0.1) is 0 Å². The van der Waals surface area contributed by atoms with Gasteiger partial charge < -0.3 is 20.7 Å². The molecule has 3 rings (SSSR count). The van der Waals surface area contributed by atoms with Gasteiger partial charge in [0.15, 0.2) is 0 Å². The maximum Gasteiger partial charge on any atom is 0.227 e. The van der Waals surface area contributed by atoms with Crippen molar-refractivity contribution in [1.29, 1.82) is 0 Å². The summed E-state index contributed by atoms with van der Waals surface area (Å²) in [5, 5.41) is 2.90. The van der Waals surface area contributed by atoms with Crippen molar-refractivity contribution < 1.29 is 14.3 Å². The van der Waals surface area contributed by atoms with Gasteiger partial charge in [0.25, 0.3) is 0 Å². The number of amides is 2. The summed E-state index contributed by atoms with van der Waals surface area (Å²) < 4.78 is 5.36. The van der Waals surface area contributed by atoms with Gasteiger partial charge >= 0.3 is 0 Å². The first-order valence-corrected chi connectivity index (χ1v) is 8.48. The van der Waals surface area contributed by atoms with Crippen LogP contribution in [0.25, 0.3) is 0 Å². The SMILES string of the molecule is COc1ccc(C)cc1N1CC(C(=O)NCC(N)C2CC2)CC1=O. The van der Waals surface area contributed by atoms with Crippen LogP contribution in [0.15, 0.2) is 18.2 Å². The van der Waals surface area contributed by atoms with E-state index in [-0.39, 0.29) is 30.2 Å². The van der Waals surface area contributed by atoms with E-state index in [9.17, 15) is 9.59 Å². The third-order valence-corrected chi connectivity index (χ3v) is 4.86. The number of hydrogen-bond donors (Lipinski definition) is 2. The quantitative estimate of drug-likeness (QED) is 0.820. The van der Waals surface area contributed by atoms with Gasteiger partial charge in [-0.05, 0) is 43.4 Å². The van der Waals surface area contributed by atoms with Crippen molar-refractivity contribution in [2.45, 2.75) is 32.2 Å². The minimum Gasteiger partial charge on any atom is -0.495 e. The highest BCUT2D eigenvalue weighted by Crippen LogP contribution is 2.34. The third kappa shape index (κ3) is 3.53. The van der Waals surface area contributed by atoms with Gasteiger partial charge in [0.2, 0.25) is 11.8 Å². The molecule has 1 heterocycles. The average molecular weight is 331 g/mol. The zero-order chi connectivity index (χ0) is 17.3. The molecule has 2 fully saturated rings. The summed E-state index contributed by atoms with van der Waals surface area (Å²) in [5.74, 6) is 0.711. The first kappa shape index (κ1) is 16.8. The predicted molar refractivity (Wildman–Crippen MR) is 91.9 cm³/mol. The van der Waals surface area contributed by atoms with Crippen molar-refractivity contribution in [2.24, 2.45) is 17.6 Å². The summed E-state index contributed by atoms with van der Waals surface area (Å²) in [6.07, 6.45) is 2.53. The fourth-order valence-corrected chi connectivity index (χ4v) is 3.18. The second kappa shape index (κ2) is 6.81. The minimum atomic E-state index is -0.339. The number of rotatable bonds is 6. The Morgan fingerprint density at radius 3 is 2.88 bits per heavy atom. The number of anilines is 1. The molecular weight excluding hydrogens is 306 g/mol. The second-order valence-corrected chi connectivity index (χ2v) is 6.83. The third-order valence-electron chi connectivity index (χ3n) is 4.86. The average Bonchev–Trinajstić information content (AvgIpc) is 3.34. The van der Waals surface area contributed by atoms with Crippen LogP contribution >= 0.6 is 0 Å². The molecule has 1 aromatic carbocycles. The van der Waals surface area contributed by atoms with Gasteiger partial charge in [-0.3, -0.25) is 9.59 Å². The Labute approximate surface area is 142 Å². The molecule has 130 valence electrons. The van der Waals surface area contributed by atoms with E-state index in [0.29, 0.717) is 24.8 Å². The Morgan fingerprint density at radius 1 is 1.46 bits per heavy atom. The van der Waals surface area contributed by atoms with Crippen molar-refractivity contribution in [2.75, 3.05) is 25.1 Å². The molecule has 3 N–H and O–H groups in total. The highest BCUT2D eigenvalue weighted by atomic mass is 16.5. The van der Waals surface area contributed by atoms with E-state index in [1.54, 1.807) is 12.0 Å². The fraction of sp³-hybridized carbons (Fsp3) is 0.556. The summed E-state index contributed by atoms with van der Waals surface area (Å²) in [6.45, 7) is 2.83. The Balaban J connectivity index is 1.64. The van der Waals surface area contributed by atoms with Crippen LogP contribution in [0.3, 0.4) is 0 Å². The summed E-state index contributed by atoms with van der Waals surface area (Å²) in [4.78, 5) is 26.4. The number of aryl methyl sites for hydroxylation is 1. The molecule has 1 aliphatic heterocycles.